The zero-order valence-corrected chi connectivity index (χ0v) is 19.0. The largest absolute Gasteiger partial charge is 0.573 e. The van der Waals surface area contributed by atoms with Crippen LogP contribution in [0.15, 0.2) is 48.8 Å². The summed E-state index contributed by atoms with van der Waals surface area (Å²) in [6, 6.07) is 7.62. The average Bonchev–Trinajstić information content (AvgIpc) is 3.34. The second kappa shape index (κ2) is 9.40. The van der Waals surface area contributed by atoms with Crippen molar-refractivity contribution in [2.75, 3.05) is 11.9 Å². The van der Waals surface area contributed by atoms with Gasteiger partial charge >= 0.3 is 6.36 Å². The smallest absolute Gasteiger partial charge is 0.406 e. The zero-order chi connectivity index (χ0) is 25.3. The summed E-state index contributed by atoms with van der Waals surface area (Å²) in [5.41, 5.74) is 1.06. The predicted molar refractivity (Wildman–Crippen MR) is 121 cm³/mol. The van der Waals surface area contributed by atoms with Crippen molar-refractivity contribution in [3.8, 4) is 5.75 Å². The zero-order valence-electron chi connectivity index (χ0n) is 19.0. The molecule has 1 aliphatic heterocycles. The van der Waals surface area contributed by atoms with Gasteiger partial charge in [0.1, 0.15) is 24.0 Å². The lowest BCUT2D eigenvalue weighted by Gasteiger charge is -2.24. The molecule has 0 aliphatic carbocycles. The van der Waals surface area contributed by atoms with Crippen LogP contribution >= 0.6 is 0 Å². The third-order valence-corrected chi connectivity index (χ3v) is 5.79. The van der Waals surface area contributed by atoms with Gasteiger partial charge in [0.15, 0.2) is 5.78 Å². The Balaban J connectivity index is 1.51. The van der Waals surface area contributed by atoms with Crippen molar-refractivity contribution in [2.45, 2.75) is 39.2 Å². The number of ketones is 1. The minimum Gasteiger partial charge on any atom is -0.406 e. The SMILES string of the molecule is CC(=O)c1cn(CC(=O)N2C[C@@H](C)C[C@H]2C(=O)Nc2cccc(OC(F)(F)F)c2)c2ncccc12. The number of aromatic nitrogens is 2. The number of ether oxygens (including phenoxy) is 1. The maximum Gasteiger partial charge on any atom is 0.573 e. The molecule has 2 amide bonds. The van der Waals surface area contributed by atoms with Crippen LogP contribution < -0.4 is 10.1 Å². The van der Waals surface area contributed by atoms with Crippen molar-refractivity contribution in [3.05, 3.63) is 54.4 Å². The lowest BCUT2D eigenvalue weighted by Crippen LogP contribution is -2.44. The highest BCUT2D eigenvalue weighted by Crippen LogP contribution is 2.28. The van der Waals surface area contributed by atoms with E-state index in [2.05, 4.69) is 15.0 Å². The molecular formula is C24H23F3N4O4. The first kappa shape index (κ1) is 24.2. The van der Waals surface area contributed by atoms with Gasteiger partial charge in [-0.05, 0) is 43.5 Å². The number of Topliss-reactive ketones (excluding diaryl/α,β-unsaturated/α-hetero) is 1. The summed E-state index contributed by atoms with van der Waals surface area (Å²) in [7, 11) is 0. The van der Waals surface area contributed by atoms with Crippen LogP contribution in [0.1, 0.15) is 30.6 Å². The van der Waals surface area contributed by atoms with Gasteiger partial charge in [0.25, 0.3) is 0 Å². The van der Waals surface area contributed by atoms with Crippen molar-refractivity contribution >= 4 is 34.3 Å². The summed E-state index contributed by atoms with van der Waals surface area (Å²) in [5.74, 6) is -1.41. The van der Waals surface area contributed by atoms with Crippen LogP contribution in [0, 0.1) is 5.92 Å². The van der Waals surface area contributed by atoms with E-state index in [4.69, 9.17) is 0 Å². The summed E-state index contributed by atoms with van der Waals surface area (Å²) >= 11 is 0. The van der Waals surface area contributed by atoms with E-state index in [1.54, 1.807) is 29.1 Å². The van der Waals surface area contributed by atoms with Crippen molar-refractivity contribution in [2.24, 2.45) is 5.92 Å². The Morgan fingerprint density at radius 1 is 1.20 bits per heavy atom. The van der Waals surface area contributed by atoms with E-state index in [1.165, 1.54) is 24.0 Å². The number of nitrogens with one attached hydrogen (secondary N) is 1. The molecule has 3 heterocycles. The molecule has 0 radical (unpaired) electrons. The number of carbonyl (C=O) groups is 3. The fourth-order valence-electron chi connectivity index (χ4n) is 4.33. The van der Waals surface area contributed by atoms with Gasteiger partial charge in [-0.25, -0.2) is 4.98 Å². The molecule has 2 aromatic heterocycles. The Labute approximate surface area is 198 Å². The summed E-state index contributed by atoms with van der Waals surface area (Å²) in [5, 5.41) is 3.22. The number of anilines is 1. The second-order valence-electron chi connectivity index (χ2n) is 8.57. The highest BCUT2D eigenvalue weighted by atomic mass is 19.4. The van der Waals surface area contributed by atoms with E-state index in [9.17, 15) is 27.6 Å². The number of hydrogen-bond acceptors (Lipinski definition) is 5. The number of alkyl halides is 3. The molecule has 0 bridgehead atoms. The van der Waals surface area contributed by atoms with E-state index >= 15 is 0 Å². The minimum atomic E-state index is -4.85. The summed E-state index contributed by atoms with van der Waals surface area (Å²) in [6.45, 7) is 3.57. The van der Waals surface area contributed by atoms with Crippen molar-refractivity contribution in [1.29, 1.82) is 0 Å². The molecule has 1 N–H and O–H groups in total. The highest BCUT2D eigenvalue weighted by molar-refractivity contribution is 6.06. The number of hydrogen-bond donors (Lipinski definition) is 1. The second-order valence-corrected chi connectivity index (χ2v) is 8.57. The molecule has 0 unspecified atom stereocenters. The van der Waals surface area contributed by atoms with Gasteiger partial charge in [-0.1, -0.05) is 13.0 Å². The third-order valence-electron chi connectivity index (χ3n) is 5.79. The molecule has 4 rings (SSSR count). The maximum atomic E-state index is 13.2. The molecule has 11 heteroatoms. The van der Waals surface area contributed by atoms with Gasteiger partial charge in [0, 0.05) is 41.6 Å². The summed E-state index contributed by atoms with van der Waals surface area (Å²) in [4.78, 5) is 44.0. The fourth-order valence-corrected chi connectivity index (χ4v) is 4.33. The van der Waals surface area contributed by atoms with Crippen molar-refractivity contribution in [3.63, 3.8) is 0 Å². The van der Waals surface area contributed by atoms with E-state index < -0.39 is 24.1 Å². The molecule has 1 aliphatic rings. The Bertz CT molecular complexity index is 1290. The first-order valence-corrected chi connectivity index (χ1v) is 10.9. The maximum absolute atomic E-state index is 13.2. The van der Waals surface area contributed by atoms with Crippen molar-refractivity contribution < 1.29 is 32.3 Å². The molecule has 2 atom stereocenters. The van der Waals surface area contributed by atoms with E-state index in [0.717, 1.165) is 12.1 Å². The van der Waals surface area contributed by atoms with Crippen LogP contribution in [-0.2, 0) is 16.1 Å². The number of rotatable bonds is 6. The molecule has 1 aromatic carbocycles. The molecule has 3 aromatic rings. The number of fused-ring (bicyclic) bond motifs is 1. The Hall–Kier alpha value is -3.89. The van der Waals surface area contributed by atoms with Crippen LogP contribution in [0.2, 0.25) is 0 Å². The van der Waals surface area contributed by atoms with Gasteiger partial charge in [-0.2, -0.15) is 0 Å². The minimum absolute atomic E-state index is 0.0434. The molecule has 0 saturated carbocycles. The van der Waals surface area contributed by atoms with Crippen LogP contribution in [0.4, 0.5) is 18.9 Å². The number of likely N-dealkylation sites (tertiary alicyclic amines) is 1. The molecule has 1 fully saturated rings. The third kappa shape index (κ3) is 5.44. The number of pyridine rings is 1. The van der Waals surface area contributed by atoms with E-state index in [-0.39, 0.29) is 29.8 Å². The molecule has 1 saturated heterocycles. The predicted octanol–water partition coefficient (Wildman–Crippen LogP) is 4.01. The fraction of sp³-hybridized carbons (Fsp3) is 0.333. The van der Waals surface area contributed by atoms with E-state index in [0.29, 0.717) is 29.6 Å². The standard InChI is InChI=1S/C24H23F3N4O4/c1-14-9-20(23(34)29-16-5-3-6-17(10-16)35-24(25,26)27)31(11-14)21(33)13-30-12-19(15(2)32)18-7-4-8-28-22(18)30/h3-8,10,12,14,20H,9,11,13H2,1-2H3,(H,29,34)/t14-,20-/m0/s1. The molecular weight excluding hydrogens is 465 g/mol. The van der Waals surface area contributed by atoms with Crippen LogP contribution in [0.25, 0.3) is 11.0 Å². The molecule has 8 nitrogen and oxygen atoms in total. The lowest BCUT2D eigenvalue weighted by atomic mass is 10.1. The van der Waals surface area contributed by atoms with Gasteiger partial charge in [0.2, 0.25) is 11.8 Å². The first-order chi connectivity index (χ1) is 16.5. The van der Waals surface area contributed by atoms with Crippen LogP contribution in [0.5, 0.6) is 5.75 Å². The number of nitrogens with zero attached hydrogens (tertiary/aromatic N) is 3. The van der Waals surface area contributed by atoms with Crippen LogP contribution in [-0.4, -0.2) is 51.0 Å². The van der Waals surface area contributed by atoms with Crippen molar-refractivity contribution in [1.82, 2.24) is 14.5 Å². The summed E-state index contributed by atoms with van der Waals surface area (Å²) in [6.07, 6.45) is -1.30. The molecule has 0 spiro atoms. The Kier molecular flexibility index (Phi) is 6.51. The van der Waals surface area contributed by atoms with Crippen LogP contribution in [0.3, 0.4) is 0 Å². The van der Waals surface area contributed by atoms with Gasteiger partial charge in [-0.3, -0.25) is 14.4 Å². The number of benzene rings is 1. The summed E-state index contributed by atoms with van der Waals surface area (Å²) < 4.78 is 43.0. The number of amides is 2. The quantitative estimate of drug-likeness (QED) is 0.529. The normalized spacial score (nSPS) is 18.0. The Morgan fingerprint density at radius 2 is 1.97 bits per heavy atom. The number of carbonyl (C=O) groups excluding carboxylic acids is 3. The lowest BCUT2D eigenvalue weighted by molar-refractivity contribution is -0.274. The monoisotopic (exact) mass is 488 g/mol. The molecule has 184 valence electrons. The van der Waals surface area contributed by atoms with Gasteiger partial charge in [0.05, 0.1) is 0 Å². The topological polar surface area (TPSA) is 93.5 Å². The van der Waals surface area contributed by atoms with Gasteiger partial charge in [-0.15, -0.1) is 13.2 Å². The van der Waals surface area contributed by atoms with E-state index in [1.807, 2.05) is 6.92 Å². The molecule has 35 heavy (non-hydrogen) atoms. The van der Waals surface area contributed by atoms with Gasteiger partial charge < -0.3 is 19.5 Å². The first-order valence-electron chi connectivity index (χ1n) is 10.9. The average molecular weight is 488 g/mol. The number of halogens is 3. The Morgan fingerprint density at radius 3 is 2.69 bits per heavy atom. The highest BCUT2D eigenvalue weighted by Gasteiger charge is 2.38.